The minimum atomic E-state index is 0.591. The second kappa shape index (κ2) is 3.33. The van der Waals surface area contributed by atoms with E-state index in [0.29, 0.717) is 6.04 Å². The molecule has 13 heavy (non-hydrogen) atoms. The van der Waals surface area contributed by atoms with Crippen LogP contribution in [0, 0.1) is 5.92 Å². The molecule has 0 saturated carbocycles. The lowest BCUT2D eigenvalue weighted by Crippen LogP contribution is -2.30. The molecule has 1 aliphatic heterocycles. The predicted molar refractivity (Wildman–Crippen MR) is 60.1 cm³/mol. The van der Waals surface area contributed by atoms with Crippen LogP contribution >= 0.6 is 15.9 Å². The Kier molecular flexibility index (Phi) is 2.33. The molecule has 1 heterocycles. The third kappa shape index (κ3) is 1.73. The molecule has 0 saturated heterocycles. The number of fused-ring (bicyclic) bond motifs is 1. The van der Waals surface area contributed by atoms with Crippen LogP contribution in [-0.2, 0) is 6.42 Å². The lowest BCUT2D eigenvalue weighted by molar-refractivity contribution is 0.491. The molecule has 70 valence electrons. The Labute approximate surface area is 87.7 Å². The first-order valence-electron chi connectivity index (χ1n) is 4.72. The van der Waals surface area contributed by atoms with Crippen molar-refractivity contribution < 1.29 is 0 Å². The van der Waals surface area contributed by atoms with E-state index in [1.807, 2.05) is 0 Å². The van der Waals surface area contributed by atoms with Crippen molar-refractivity contribution >= 4 is 21.6 Å². The summed E-state index contributed by atoms with van der Waals surface area (Å²) in [6, 6.07) is 7.05. The molecule has 1 aromatic carbocycles. The molecule has 0 aromatic heterocycles. The Morgan fingerprint density at radius 3 is 2.92 bits per heavy atom. The summed E-state index contributed by atoms with van der Waals surface area (Å²) in [4.78, 5) is 0. The van der Waals surface area contributed by atoms with Gasteiger partial charge in [0.1, 0.15) is 0 Å². The predicted octanol–water partition coefficient (Wildman–Crippen LogP) is 3.44. The quantitative estimate of drug-likeness (QED) is 0.732. The fourth-order valence-corrected chi connectivity index (χ4v) is 2.19. The monoisotopic (exact) mass is 239 g/mol. The second-order valence-electron chi connectivity index (χ2n) is 3.92. The van der Waals surface area contributed by atoms with Gasteiger partial charge in [0.25, 0.3) is 0 Å². The van der Waals surface area contributed by atoms with Crippen molar-refractivity contribution in [3.05, 3.63) is 28.2 Å². The number of hydrogen-bond acceptors (Lipinski definition) is 1. The van der Waals surface area contributed by atoms with E-state index in [-0.39, 0.29) is 0 Å². The summed E-state index contributed by atoms with van der Waals surface area (Å²) in [7, 11) is 0. The zero-order valence-corrected chi connectivity index (χ0v) is 9.56. The van der Waals surface area contributed by atoms with Crippen LogP contribution in [0.1, 0.15) is 19.4 Å². The SMILES string of the molecule is CC1Cc2cc(Br)ccc2N[C@H]1C. The molecule has 1 N–H and O–H groups in total. The van der Waals surface area contributed by atoms with E-state index < -0.39 is 0 Å². The number of nitrogens with one attached hydrogen (secondary N) is 1. The molecule has 0 fully saturated rings. The molecule has 1 aromatic rings. The lowest BCUT2D eigenvalue weighted by atomic mass is 9.90. The van der Waals surface area contributed by atoms with Gasteiger partial charge in [0, 0.05) is 16.2 Å². The topological polar surface area (TPSA) is 12.0 Å². The van der Waals surface area contributed by atoms with E-state index in [1.54, 1.807) is 0 Å². The number of halogens is 1. The fraction of sp³-hybridized carbons (Fsp3) is 0.455. The number of anilines is 1. The maximum atomic E-state index is 3.52. The van der Waals surface area contributed by atoms with Crippen molar-refractivity contribution in [3.63, 3.8) is 0 Å². The number of benzene rings is 1. The third-order valence-corrected chi connectivity index (χ3v) is 3.34. The fourth-order valence-electron chi connectivity index (χ4n) is 1.78. The van der Waals surface area contributed by atoms with Crippen LogP contribution < -0.4 is 5.32 Å². The van der Waals surface area contributed by atoms with E-state index in [0.717, 1.165) is 5.92 Å². The Morgan fingerprint density at radius 1 is 1.38 bits per heavy atom. The van der Waals surface area contributed by atoms with Crippen molar-refractivity contribution in [3.8, 4) is 0 Å². The molecular weight excluding hydrogens is 226 g/mol. The van der Waals surface area contributed by atoms with Gasteiger partial charge < -0.3 is 5.32 Å². The summed E-state index contributed by atoms with van der Waals surface area (Å²) in [5.74, 6) is 0.724. The summed E-state index contributed by atoms with van der Waals surface area (Å²) in [6.45, 7) is 4.54. The summed E-state index contributed by atoms with van der Waals surface area (Å²) in [5, 5.41) is 3.52. The van der Waals surface area contributed by atoms with Crippen LogP contribution in [0.4, 0.5) is 5.69 Å². The van der Waals surface area contributed by atoms with Gasteiger partial charge in [0.2, 0.25) is 0 Å². The average molecular weight is 240 g/mol. The van der Waals surface area contributed by atoms with Crippen molar-refractivity contribution in [2.45, 2.75) is 26.3 Å². The first kappa shape index (κ1) is 9.07. The van der Waals surface area contributed by atoms with Crippen LogP contribution in [0.3, 0.4) is 0 Å². The van der Waals surface area contributed by atoms with Gasteiger partial charge in [0.15, 0.2) is 0 Å². The highest BCUT2D eigenvalue weighted by Gasteiger charge is 2.20. The van der Waals surface area contributed by atoms with Crippen LogP contribution in [-0.4, -0.2) is 6.04 Å². The molecule has 0 radical (unpaired) electrons. The molecule has 0 spiro atoms. The summed E-state index contributed by atoms with van der Waals surface area (Å²) in [6.07, 6.45) is 1.18. The van der Waals surface area contributed by atoms with Crippen LogP contribution in [0.25, 0.3) is 0 Å². The minimum absolute atomic E-state index is 0.591. The maximum absolute atomic E-state index is 3.52. The van der Waals surface area contributed by atoms with Crippen LogP contribution in [0.2, 0.25) is 0 Å². The van der Waals surface area contributed by atoms with E-state index in [2.05, 4.69) is 53.3 Å². The van der Waals surface area contributed by atoms with Gasteiger partial charge in [-0.1, -0.05) is 22.9 Å². The van der Waals surface area contributed by atoms with E-state index >= 15 is 0 Å². The highest BCUT2D eigenvalue weighted by Crippen LogP contribution is 2.30. The third-order valence-electron chi connectivity index (χ3n) is 2.85. The first-order chi connectivity index (χ1) is 6.16. The molecule has 0 amide bonds. The molecule has 2 atom stereocenters. The second-order valence-corrected chi connectivity index (χ2v) is 4.83. The lowest BCUT2D eigenvalue weighted by Gasteiger charge is -2.30. The van der Waals surface area contributed by atoms with Crippen molar-refractivity contribution in [2.75, 3.05) is 5.32 Å². The van der Waals surface area contributed by atoms with E-state index in [1.165, 1.54) is 22.1 Å². The molecule has 1 unspecified atom stereocenters. The molecule has 0 bridgehead atoms. The normalized spacial score (nSPS) is 26.4. The maximum Gasteiger partial charge on any atom is 0.0375 e. The smallest absolute Gasteiger partial charge is 0.0375 e. The van der Waals surface area contributed by atoms with Gasteiger partial charge in [-0.2, -0.15) is 0 Å². The van der Waals surface area contributed by atoms with Crippen molar-refractivity contribution in [1.29, 1.82) is 0 Å². The van der Waals surface area contributed by atoms with Gasteiger partial charge in [-0.15, -0.1) is 0 Å². The van der Waals surface area contributed by atoms with Gasteiger partial charge in [-0.3, -0.25) is 0 Å². The zero-order chi connectivity index (χ0) is 9.42. The number of rotatable bonds is 0. The van der Waals surface area contributed by atoms with Crippen LogP contribution in [0.15, 0.2) is 22.7 Å². The van der Waals surface area contributed by atoms with Gasteiger partial charge in [-0.05, 0) is 43.0 Å². The van der Waals surface area contributed by atoms with Crippen LogP contribution in [0.5, 0.6) is 0 Å². The van der Waals surface area contributed by atoms with E-state index in [4.69, 9.17) is 0 Å². The van der Waals surface area contributed by atoms with Gasteiger partial charge in [0.05, 0.1) is 0 Å². The highest BCUT2D eigenvalue weighted by molar-refractivity contribution is 9.10. The Bertz CT molecular complexity index is 322. The Morgan fingerprint density at radius 2 is 2.15 bits per heavy atom. The van der Waals surface area contributed by atoms with Crippen molar-refractivity contribution in [2.24, 2.45) is 5.92 Å². The van der Waals surface area contributed by atoms with E-state index in [9.17, 15) is 0 Å². The molecule has 1 aliphatic rings. The first-order valence-corrected chi connectivity index (χ1v) is 5.51. The van der Waals surface area contributed by atoms with Gasteiger partial charge >= 0.3 is 0 Å². The summed E-state index contributed by atoms with van der Waals surface area (Å²) >= 11 is 3.50. The molecule has 0 aliphatic carbocycles. The number of hydrogen-bond donors (Lipinski definition) is 1. The zero-order valence-electron chi connectivity index (χ0n) is 7.97. The highest BCUT2D eigenvalue weighted by atomic mass is 79.9. The molecule has 1 nitrogen and oxygen atoms in total. The minimum Gasteiger partial charge on any atom is -0.382 e. The Hall–Kier alpha value is -0.500. The van der Waals surface area contributed by atoms with Gasteiger partial charge in [-0.25, -0.2) is 0 Å². The van der Waals surface area contributed by atoms with Crippen molar-refractivity contribution in [1.82, 2.24) is 0 Å². The molecule has 2 rings (SSSR count). The summed E-state index contributed by atoms with van der Waals surface area (Å²) < 4.78 is 1.18. The Balaban J connectivity index is 2.37. The largest absolute Gasteiger partial charge is 0.382 e. The standard InChI is InChI=1S/C11H14BrN/c1-7-5-9-6-10(12)3-4-11(9)13-8(7)2/h3-4,6-8,13H,5H2,1-2H3/t7?,8-/m0/s1. The summed E-state index contributed by atoms with van der Waals surface area (Å²) in [5.41, 5.74) is 2.73. The molecular formula is C11H14BrN. The molecule has 2 heteroatoms. The average Bonchev–Trinajstić information content (AvgIpc) is 2.08.